The molecule has 0 aliphatic rings. The van der Waals surface area contributed by atoms with Crippen LogP contribution >= 0.6 is 11.8 Å². The SMILES string of the molecule is CCSc1ncc(CNCCc2ccccc2)cn1. The summed E-state index contributed by atoms with van der Waals surface area (Å²) in [6.07, 6.45) is 4.85. The van der Waals surface area contributed by atoms with E-state index in [4.69, 9.17) is 0 Å². The van der Waals surface area contributed by atoms with Crippen LogP contribution in [0.3, 0.4) is 0 Å². The van der Waals surface area contributed by atoms with Gasteiger partial charge in [0, 0.05) is 24.5 Å². The highest BCUT2D eigenvalue weighted by molar-refractivity contribution is 7.99. The number of nitrogens with zero attached hydrogens (tertiary/aromatic N) is 2. The summed E-state index contributed by atoms with van der Waals surface area (Å²) in [5.41, 5.74) is 2.49. The third kappa shape index (κ3) is 5.01. The van der Waals surface area contributed by atoms with Gasteiger partial charge in [-0.25, -0.2) is 9.97 Å². The predicted molar refractivity (Wildman–Crippen MR) is 80.3 cm³/mol. The Morgan fingerprint density at radius 2 is 1.79 bits per heavy atom. The molecule has 0 saturated carbocycles. The van der Waals surface area contributed by atoms with Crippen molar-refractivity contribution in [3.05, 3.63) is 53.9 Å². The Balaban J connectivity index is 1.70. The Labute approximate surface area is 118 Å². The second-order valence-corrected chi connectivity index (χ2v) is 5.45. The smallest absolute Gasteiger partial charge is 0.187 e. The van der Waals surface area contributed by atoms with Gasteiger partial charge in [-0.3, -0.25) is 0 Å². The lowest BCUT2D eigenvalue weighted by Gasteiger charge is -2.05. The molecule has 0 atom stereocenters. The molecule has 0 saturated heterocycles. The van der Waals surface area contributed by atoms with Crippen molar-refractivity contribution in [1.82, 2.24) is 15.3 Å². The number of benzene rings is 1. The van der Waals surface area contributed by atoms with Gasteiger partial charge in [0.1, 0.15) is 0 Å². The molecule has 4 heteroatoms. The first-order chi connectivity index (χ1) is 9.38. The van der Waals surface area contributed by atoms with Gasteiger partial charge in [-0.05, 0) is 24.3 Å². The first-order valence-electron chi connectivity index (χ1n) is 6.57. The van der Waals surface area contributed by atoms with Crippen LogP contribution in [0.4, 0.5) is 0 Å². The van der Waals surface area contributed by atoms with Crippen molar-refractivity contribution in [2.75, 3.05) is 12.3 Å². The average Bonchev–Trinajstić information content (AvgIpc) is 2.47. The summed E-state index contributed by atoms with van der Waals surface area (Å²) in [4.78, 5) is 8.63. The largest absolute Gasteiger partial charge is 0.312 e. The van der Waals surface area contributed by atoms with Gasteiger partial charge in [0.05, 0.1) is 0 Å². The van der Waals surface area contributed by atoms with Gasteiger partial charge in [-0.1, -0.05) is 49.0 Å². The Bertz CT molecular complexity index is 471. The van der Waals surface area contributed by atoms with E-state index in [0.29, 0.717) is 0 Å². The van der Waals surface area contributed by atoms with E-state index < -0.39 is 0 Å². The van der Waals surface area contributed by atoms with E-state index >= 15 is 0 Å². The van der Waals surface area contributed by atoms with Crippen molar-refractivity contribution >= 4 is 11.8 Å². The third-order valence-electron chi connectivity index (χ3n) is 2.72. The molecule has 1 heterocycles. The molecule has 0 bridgehead atoms. The van der Waals surface area contributed by atoms with Crippen molar-refractivity contribution in [1.29, 1.82) is 0 Å². The van der Waals surface area contributed by atoms with Crippen molar-refractivity contribution in [3.63, 3.8) is 0 Å². The molecule has 2 rings (SSSR count). The summed E-state index contributed by atoms with van der Waals surface area (Å²) in [5.74, 6) is 1.01. The van der Waals surface area contributed by atoms with Gasteiger partial charge >= 0.3 is 0 Å². The number of hydrogen-bond acceptors (Lipinski definition) is 4. The number of aromatic nitrogens is 2. The number of rotatable bonds is 7. The van der Waals surface area contributed by atoms with Gasteiger partial charge in [0.15, 0.2) is 5.16 Å². The van der Waals surface area contributed by atoms with Gasteiger partial charge in [0.2, 0.25) is 0 Å². The minimum absolute atomic E-state index is 0.823. The molecule has 0 fully saturated rings. The molecule has 1 N–H and O–H groups in total. The van der Waals surface area contributed by atoms with Crippen LogP contribution in [0.15, 0.2) is 47.9 Å². The first kappa shape index (κ1) is 14.0. The van der Waals surface area contributed by atoms with Crippen LogP contribution < -0.4 is 5.32 Å². The molecule has 100 valence electrons. The number of nitrogens with one attached hydrogen (secondary N) is 1. The highest BCUT2D eigenvalue weighted by Crippen LogP contribution is 2.10. The lowest BCUT2D eigenvalue weighted by molar-refractivity contribution is 0.680. The highest BCUT2D eigenvalue weighted by atomic mass is 32.2. The molecule has 3 nitrogen and oxygen atoms in total. The van der Waals surface area contributed by atoms with E-state index in [9.17, 15) is 0 Å². The molecular weight excluding hydrogens is 254 g/mol. The molecule has 0 spiro atoms. The molecule has 2 aromatic rings. The molecule has 0 amide bonds. The summed E-state index contributed by atoms with van der Waals surface area (Å²) in [6, 6.07) is 10.5. The maximum absolute atomic E-state index is 4.32. The zero-order valence-electron chi connectivity index (χ0n) is 11.2. The maximum atomic E-state index is 4.32. The van der Waals surface area contributed by atoms with Gasteiger partial charge < -0.3 is 5.32 Å². The van der Waals surface area contributed by atoms with Crippen molar-refractivity contribution in [2.45, 2.75) is 25.0 Å². The van der Waals surface area contributed by atoms with Crippen LogP contribution in [0.25, 0.3) is 0 Å². The standard InChI is InChI=1S/C15H19N3S/c1-2-19-15-17-11-14(12-18-15)10-16-9-8-13-6-4-3-5-7-13/h3-7,11-12,16H,2,8-10H2,1H3. The van der Waals surface area contributed by atoms with Crippen molar-refractivity contribution in [3.8, 4) is 0 Å². The summed E-state index contributed by atoms with van der Waals surface area (Å²) in [5, 5.41) is 4.27. The van der Waals surface area contributed by atoms with Gasteiger partial charge in [-0.15, -0.1) is 0 Å². The van der Waals surface area contributed by atoms with Crippen LogP contribution in [-0.2, 0) is 13.0 Å². The summed E-state index contributed by atoms with van der Waals surface area (Å²) in [7, 11) is 0. The first-order valence-corrected chi connectivity index (χ1v) is 7.55. The zero-order valence-corrected chi connectivity index (χ0v) is 12.0. The predicted octanol–water partition coefficient (Wildman–Crippen LogP) is 2.92. The second kappa shape index (κ2) is 7.92. The summed E-state index contributed by atoms with van der Waals surface area (Å²) >= 11 is 1.67. The lowest BCUT2D eigenvalue weighted by atomic mass is 10.1. The fourth-order valence-corrected chi connectivity index (χ4v) is 2.26. The molecule has 0 aliphatic carbocycles. The van der Waals surface area contributed by atoms with Gasteiger partial charge in [-0.2, -0.15) is 0 Å². The van der Waals surface area contributed by atoms with Gasteiger partial charge in [0.25, 0.3) is 0 Å². The van der Waals surface area contributed by atoms with Crippen LogP contribution in [0.1, 0.15) is 18.1 Å². The molecule has 0 radical (unpaired) electrons. The number of thioether (sulfide) groups is 1. The minimum Gasteiger partial charge on any atom is -0.312 e. The van der Waals surface area contributed by atoms with E-state index in [2.05, 4.69) is 46.5 Å². The summed E-state index contributed by atoms with van der Waals surface area (Å²) in [6.45, 7) is 3.90. The topological polar surface area (TPSA) is 37.8 Å². The van der Waals surface area contributed by atoms with E-state index in [-0.39, 0.29) is 0 Å². The summed E-state index contributed by atoms with van der Waals surface area (Å²) < 4.78 is 0. The molecule has 0 aliphatic heterocycles. The van der Waals surface area contributed by atoms with E-state index in [0.717, 1.165) is 36.0 Å². The molecule has 0 unspecified atom stereocenters. The number of hydrogen-bond donors (Lipinski definition) is 1. The Morgan fingerprint density at radius 3 is 2.47 bits per heavy atom. The van der Waals surface area contributed by atoms with Crippen LogP contribution in [0, 0.1) is 0 Å². The Kier molecular flexibility index (Phi) is 5.85. The minimum atomic E-state index is 0.823. The van der Waals surface area contributed by atoms with Crippen LogP contribution in [-0.4, -0.2) is 22.3 Å². The fourth-order valence-electron chi connectivity index (χ4n) is 1.75. The third-order valence-corrected chi connectivity index (χ3v) is 3.48. The molecule has 1 aromatic carbocycles. The highest BCUT2D eigenvalue weighted by Gasteiger charge is 1.97. The zero-order chi connectivity index (χ0) is 13.3. The molecule has 1 aromatic heterocycles. The average molecular weight is 273 g/mol. The van der Waals surface area contributed by atoms with Crippen LogP contribution in [0.5, 0.6) is 0 Å². The van der Waals surface area contributed by atoms with Crippen molar-refractivity contribution < 1.29 is 0 Å². The fraction of sp³-hybridized carbons (Fsp3) is 0.333. The second-order valence-electron chi connectivity index (χ2n) is 4.22. The molecular formula is C15H19N3S. The lowest BCUT2D eigenvalue weighted by Crippen LogP contribution is -2.17. The maximum Gasteiger partial charge on any atom is 0.187 e. The molecule has 19 heavy (non-hydrogen) atoms. The normalized spacial score (nSPS) is 10.6. The quantitative estimate of drug-likeness (QED) is 0.478. The Hall–Kier alpha value is -1.39. The van der Waals surface area contributed by atoms with Crippen LogP contribution in [0.2, 0.25) is 0 Å². The van der Waals surface area contributed by atoms with E-state index in [1.807, 2.05) is 18.5 Å². The van der Waals surface area contributed by atoms with Crippen molar-refractivity contribution in [2.24, 2.45) is 0 Å². The monoisotopic (exact) mass is 273 g/mol. The Morgan fingerprint density at radius 1 is 1.05 bits per heavy atom. The van der Waals surface area contributed by atoms with E-state index in [1.54, 1.807) is 11.8 Å². The van der Waals surface area contributed by atoms with E-state index in [1.165, 1.54) is 5.56 Å².